The number of aliphatic hydroxyl groups excluding tert-OH is 1. The molecule has 0 unspecified atom stereocenters. The zero-order valence-electron chi connectivity index (χ0n) is 20.9. The van der Waals surface area contributed by atoms with Crippen LogP contribution in [0.2, 0.25) is 0 Å². The van der Waals surface area contributed by atoms with Gasteiger partial charge in [0, 0.05) is 49.8 Å². The first-order chi connectivity index (χ1) is 17.0. The average Bonchev–Trinajstić information content (AvgIpc) is 3.19. The fourth-order valence-electron chi connectivity index (χ4n) is 6.22. The zero-order chi connectivity index (χ0) is 24.6. The summed E-state index contributed by atoms with van der Waals surface area (Å²) in [4.78, 5) is 17.5. The van der Waals surface area contributed by atoms with Gasteiger partial charge in [-0.25, -0.2) is 0 Å². The van der Waals surface area contributed by atoms with Crippen molar-refractivity contribution in [1.82, 2.24) is 14.4 Å². The molecule has 1 spiro atoms. The summed E-state index contributed by atoms with van der Waals surface area (Å²) in [7, 11) is 5.25. The molecule has 2 aliphatic heterocycles. The molecule has 2 aromatic carbocycles. The molecule has 3 heterocycles. The van der Waals surface area contributed by atoms with Gasteiger partial charge in [-0.15, -0.1) is 0 Å². The van der Waals surface area contributed by atoms with Crippen molar-refractivity contribution in [2.75, 3.05) is 47.1 Å². The maximum atomic E-state index is 13.2. The van der Waals surface area contributed by atoms with Crippen molar-refractivity contribution >= 4 is 16.8 Å². The van der Waals surface area contributed by atoms with Gasteiger partial charge in [-0.2, -0.15) is 0 Å². The Kier molecular flexibility index (Phi) is 6.57. The Morgan fingerprint density at radius 3 is 2.51 bits per heavy atom. The number of piperidine rings is 1. The minimum Gasteiger partial charge on any atom is -0.497 e. The quantitative estimate of drug-likeness (QED) is 0.591. The molecule has 35 heavy (non-hydrogen) atoms. The van der Waals surface area contributed by atoms with Crippen LogP contribution in [0.3, 0.4) is 0 Å². The van der Waals surface area contributed by atoms with Crippen LogP contribution in [0.1, 0.15) is 35.7 Å². The van der Waals surface area contributed by atoms with Gasteiger partial charge in [-0.1, -0.05) is 30.3 Å². The predicted molar refractivity (Wildman–Crippen MR) is 136 cm³/mol. The Morgan fingerprint density at radius 1 is 1.11 bits per heavy atom. The number of hydrogen-bond donors (Lipinski definition) is 1. The molecule has 0 saturated carbocycles. The van der Waals surface area contributed by atoms with E-state index in [2.05, 4.69) is 51.9 Å². The van der Waals surface area contributed by atoms with Gasteiger partial charge in [-0.05, 0) is 49.2 Å². The molecule has 0 bridgehead atoms. The smallest absolute Gasteiger partial charge is 0.249 e. The van der Waals surface area contributed by atoms with Crippen molar-refractivity contribution in [3.05, 3.63) is 65.4 Å². The monoisotopic (exact) mass is 477 g/mol. The van der Waals surface area contributed by atoms with Gasteiger partial charge in [0.1, 0.15) is 12.4 Å². The molecular formula is C28H35N3O4. The number of likely N-dealkylation sites (tertiary alicyclic amines) is 1. The number of nitrogens with zero attached hydrogens (tertiary/aromatic N) is 3. The maximum absolute atomic E-state index is 13.2. The lowest BCUT2D eigenvalue weighted by Crippen LogP contribution is -2.56. The van der Waals surface area contributed by atoms with Crippen LogP contribution in [0.5, 0.6) is 5.75 Å². The van der Waals surface area contributed by atoms with Gasteiger partial charge in [0.25, 0.3) is 0 Å². The molecule has 7 nitrogen and oxygen atoms in total. The number of methoxy groups -OCH3 is 2. The minimum absolute atomic E-state index is 0.0137. The number of hydrogen-bond acceptors (Lipinski definition) is 5. The van der Waals surface area contributed by atoms with Crippen LogP contribution in [0.4, 0.5) is 0 Å². The summed E-state index contributed by atoms with van der Waals surface area (Å²) < 4.78 is 12.9. The first-order valence-corrected chi connectivity index (χ1v) is 12.3. The molecule has 1 fully saturated rings. The standard InChI is InChI=1S/C28H35N3O4/c1-29-23-15-21(35-3)9-10-22(23)26-27(29)24(17-32)31(25(33)18-34-2)19-28(26)11-13-30(14-12-28)16-20-7-5-4-6-8-20/h4-10,15,24,32H,11-14,16-19H2,1-3H3/t24-/m1/s1. The fraction of sp³-hybridized carbons (Fsp3) is 0.464. The number of carbonyl (C=O) groups excluding carboxylic acids is 1. The number of amides is 1. The summed E-state index contributed by atoms with van der Waals surface area (Å²) in [6.45, 7) is 3.33. The van der Waals surface area contributed by atoms with E-state index in [4.69, 9.17) is 9.47 Å². The van der Waals surface area contributed by atoms with Gasteiger partial charge in [0.15, 0.2) is 0 Å². The number of carbonyl (C=O) groups is 1. The summed E-state index contributed by atoms with van der Waals surface area (Å²) in [5.41, 5.74) is 4.54. The van der Waals surface area contributed by atoms with Crippen molar-refractivity contribution in [2.24, 2.45) is 7.05 Å². The molecule has 0 aliphatic carbocycles. The van der Waals surface area contributed by atoms with Crippen molar-refractivity contribution in [1.29, 1.82) is 0 Å². The molecule has 1 atom stereocenters. The van der Waals surface area contributed by atoms with Crippen LogP contribution in [0.25, 0.3) is 10.9 Å². The second kappa shape index (κ2) is 9.64. The molecule has 1 saturated heterocycles. The van der Waals surface area contributed by atoms with Gasteiger partial charge in [0.05, 0.1) is 25.3 Å². The van der Waals surface area contributed by atoms with E-state index in [0.717, 1.165) is 49.4 Å². The van der Waals surface area contributed by atoms with Gasteiger partial charge in [-0.3, -0.25) is 9.69 Å². The van der Waals surface area contributed by atoms with Gasteiger partial charge < -0.3 is 24.0 Å². The number of aryl methyl sites for hydroxylation is 1. The topological polar surface area (TPSA) is 67.2 Å². The third-order valence-electron chi connectivity index (χ3n) is 7.97. The molecule has 1 amide bonds. The molecule has 0 radical (unpaired) electrons. The average molecular weight is 478 g/mol. The van der Waals surface area contributed by atoms with Crippen molar-refractivity contribution in [3.63, 3.8) is 0 Å². The van der Waals surface area contributed by atoms with Crippen LogP contribution >= 0.6 is 0 Å². The number of aliphatic hydroxyl groups is 1. The van der Waals surface area contributed by atoms with Crippen molar-refractivity contribution in [2.45, 2.75) is 30.8 Å². The largest absolute Gasteiger partial charge is 0.497 e. The highest BCUT2D eigenvalue weighted by Gasteiger charge is 2.49. The second-order valence-corrected chi connectivity index (χ2v) is 9.90. The van der Waals surface area contributed by atoms with E-state index in [9.17, 15) is 9.90 Å². The molecular weight excluding hydrogens is 442 g/mol. The third-order valence-corrected chi connectivity index (χ3v) is 7.97. The second-order valence-electron chi connectivity index (χ2n) is 9.90. The first-order valence-electron chi connectivity index (χ1n) is 12.3. The minimum atomic E-state index is -0.399. The summed E-state index contributed by atoms with van der Waals surface area (Å²) in [6.07, 6.45) is 1.90. The summed E-state index contributed by atoms with van der Waals surface area (Å²) >= 11 is 0. The van der Waals surface area contributed by atoms with Crippen molar-refractivity contribution in [3.8, 4) is 5.75 Å². The normalized spacial score (nSPS) is 19.8. The molecule has 3 aromatic rings. The number of benzene rings is 2. The van der Waals surface area contributed by atoms with Gasteiger partial charge in [0.2, 0.25) is 5.91 Å². The van der Waals surface area contributed by atoms with E-state index >= 15 is 0 Å². The summed E-state index contributed by atoms with van der Waals surface area (Å²) in [6, 6.07) is 16.4. The first kappa shape index (κ1) is 23.9. The van der Waals surface area contributed by atoms with Crippen LogP contribution in [0.15, 0.2) is 48.5 Å². The Bertz CT molecular complexity index is 1200. The highest BCUT2D eigenvalue weighted by atomic mass is 16.5. The van der Waals surface area contributed by atoms with Crippen LogP contribution in [-0.2, 0) is 28.5 Å². The lowest BCUT2D eigenvalue weighted by atomic mass is 9.68. The molecule has 186 valence electrons. The van der Waals surface area contributed by atoms with E-state index in [-0.39, 0.29) is 24.5 Å². The Hall–Kier alpha value is -2.87. The summed E-state index contributed by atoms with van der Waals surface area (Å²) in [5.74, 6) is 0.723. The molecule has 7 heteroatoms. The highest BCUT2D eigenvalue weighted by molar-refractivity contribution is 5.89. The fourth-order valence-corrected chi connectivity index (χ4v) is 6.22. The molecule has 2 aliphatic rings. The molecule has 5 rings (SSSR count). The van der Waals surface area contributed by atoms with E-state index in [1.807, 2.05) is 18.0 Å². The lowest BCUT2D eigenvalue weighted by molar-refractivity contribution is -0.141. The number of ether oxygens (including phenoxy) is 2. The molecule has 1 aromatic heterocycles. The Morgan fingerprint density at radius 2 is 1.86 bits per heavy atom. The van der Waals surface area contributed by atoms with E-state index in [0.29, 0.717) is 6.54 Å². The molecule has 1 N–H and O–H groups in total. The van der Waals surface area contributed by atoms with Crippen LogP contribution in [-0.4, -0.2) is 72.4 Å². The van der Waals surface area contributed by atoms with E-state index in [1.54, 1.807) is 14.2 Å². The van der Waals surface area contributed by atoms with Crippen molar-refractivity contribution < 1.29 is 19.4 Å². The Balaban J connectivity index is 1.57. The number of aromatic nitrogens is 1. The van der Waals surface area contributed by atoms with Gasteiger partial charge >= 0.3 is 0 Å². The van der Waals surface area contributed by atoms with E-state index in [1.165, 1.54) is 16.5 Å². The predicted octanol–water partition coefficient (Wildman–Crippen LogP) is 3.24. The van der Waals surface area contributed by atoms with Crippen LogP contribution < -0.4 is 4.74 Å². The van der Waals surface area contributed by atoms with Crippen LogP contribution in [0, 0.1) is 0 Å². The Labute approximate surface area is 206 Å². The zero-order valence-corrected chi connectivity index (χ0v) is 20.9. The lowest BCUT2D eigenvalue weighted by Gasteiger charge is -2.50. The maximum Gasteiger partial charge on any atom is 0.249 e. The highest BCUT2D eigenvalue weighted by Crippen LogP contribution is 2.50. The number of fused-ring (bicyclic) bond motifs is 4. The number of rotatable bonds is 6. The van der Waals surface area contributed by atoms with E-state index < -0.39 is 6.04 Å². The third kappa shape index (κ3) is 4.11. The summed E-state index contributed by atoms with van der Waals surface area (Å²) in [5, 5.41) is 11.7. The SMILES string of the molecule is COCC(=O)N1CC2(CCN(Cc3ccccc3)CC2)c2c(n(C)c3cc(OC)ccc23)[C@H]1CO.